The Balaban J connectivity index is 2.06. The lowest BCUT2D eigenvalue weighted by atomic mass is 10.0. The van der Waals surface area contributed by atoms with Crippen molar-refractivity contribution in [1.82, 2.24) is 14.3 Å². The summed E-state index contributed by atoms with van der Waals surface area (Å²) >= 11 is 0. The van der Waals surface area contributed by atoms with Crippen molar-refractivity contribution in [2.24, 2.45) is 12.8 Å². The Hall–Kier alpha value is -3.82. The maximum absolute atomic E-state index is 13.6. The van der Waals surface area contributed by atoms with E-state index in [9.17, 15) is 9.90 Å². The van der Waals surface area contributed by atoms with Crippen molar-refractivity contribution >= 4 is 10.8 Å². The van der Waals surface area contributed by atoms with E-state index >= 15 is 0 Å². The minimum Gasteiger partial charge on any atom is -0.505 e. The van der Waals surface area contributed by atoms with Gasteiger partial charge in [0.2, 0.25) is 0 Å². The average molecular weight is 384 g/mol. The largest absolute Gasteiger partial charge is 0.505 e. The molecule has 2 aromatic carbocycles. The van der Waals surface area contributed by atoms with Gasteiger partial charge < -0.3 is 10.8 Å². The molecule has 0 aliphatic carbocycles. The smallest absolute Gasteiger partial charge is 0.264 e. The maximum Gasteiger partial charge on any atom is 0.264 e. The Morgan fingerprint density at radius 3 is 2.52 bits per heavy atom. The van der Waals surface area contributed by atoms with Crippen LogP contribution in [0, 0.1) is 11.8 Å². The summed E-state index contributed by atoms with van der Waals surface area (Å²) in [6.07, 6.45) is 3.46. The molecule has 0 saturated heterocycles. The zero-order valence-corrected chi connectivity index (χ0v) is 16.1. The molecule has 0 saturated carbocycles. The van der Waals surface area contributed by atoms with E-state index in [1.54, 1.807) is 42.2 Å². The van der Waals surface area contributed by atoms with Crippen LogP contribution in [-0.2, 0) is 7.05 Å². The van der Waals surface area contributed by atoms with Crippen molar-refractivity contribution in [3.05, 3.63) is 88.1 Å². The van der Waals surface area contributed by atoms with Crippen LogP contribution < -0.4 is 11.3 Å². The number of hydrogen-bond donors (Lipinski definition) is 2. The van der Waals surface area contributed by atoms with Crippen molar-refractivity contribution in [2.45, 2.75) is 13.0 Å². The zero-order chi connectivity index (χ0) is 20.5. The third-order valence-electron chi connectivity index (χ3n) is 4.71. The second-order valence-electron chi connectivity index (χ2n) is 6.88. The normalized spacial score (nSPS) is 11.8. The molecule has 4 rings (SSSR count). The molecular weight excluding hydrogens is 364 g/mol. The van der Waals surface area contributed by atoms with Crippen LogP contribution in [0.1, 0.15) is 29.8 Å². The minimum absolute atomic E-state index is 0.0107. The van der Waals surface area contributed by atoms with E-state index in [4.69, 9.17) is 5.73 Å². The van der Waals surface area contributed by atoms with Gasteiger partial charge in [0.25, 0.3) is 5.56 Å². The predicted molar refractivity (Wildman–Crippen MR) is 113 cm³/mol. The van der Waals surface area contributed by atoms with Gasteiger partial charge >= 0.3 is 0 Å². The number of pyridine rings is 1. The Morgan fingerprint density at radius 2 is 1.86 bits per heavy atom. The van der Waals surface area contributed by atoms with E-state index in [2.05, 4.69) is 16.9 Å². The third-order valence-corrected chi connectivity index (χ3v) is 4.71. The van der Waals surface area contributed by atoms with E-state index < -0.39 is 6.04 Å². The second kappa shape index (κ2) is 7.30. The molecule has 29 heavy (non-hydrogen) atoms. The lowest BCUT2D eigenvalue weighted by Gasteiger charge is -2.19. The Bertz CT molecular complexity index is 1320. The standard InChI is InChI=1S/C23H20N4O2/c1-15(24)21-22(28)19-10-6-7-17(12-11-16-13-25-26(2)14-16)20(19)23(29)27(21)18-8-4-3-5-9-18/h3-10,13-15,28H,24H2,1-2H3/t15-/m0/s1. The summed E-state index contributed by atoms with van der Waals surface area (Å²) in [5, 5.41) is 15.9. The molecule has 3 N–H and O–H groups in total. The van der Waals surface area contributed by atoms with Gasteiger partial charge in [-0.05, 0) is 25.1 Å². The second-order valence-corrected chi connectivity index (χ2v) is 6.88. The van der Waals surface area contributed by atoms with Crippen LogP contribution in [-0.4, -0.2) is 19.5 Å². The summed E-state index contributed by atoms with van der Waals surface area (Å²) in [4.78, 5) is 13.6. The van der Waals surface area contributed by atoms with Crippen LogP contribution in [0.25, 0.3) is 16.5 Å². The number of rotatable bonds is 2. The van der Waals surface area contributed by atoms with Crippen molar-refractivity contribution in [1.29, 1.82) is 0 Å². The molecule has 4 aromatic rings. The van der Waals surface area contributed by atoms with E-state index in [-0.39, 0.29) is 11.3 Å². The fraction of sp³-hybridized carbons (Fsp3) is 0.130. The van der Waals surface area contributed by atoms with Gasteiger partial charge in [-0.15, -0.1) is 0 Å². The molecular formula is C23H20N4O2. The van der Waals surface area contributed by atoms with Gasteiger partial charge in [-0.3, -0.25) is 14.0 Å². The van der Waals surface area contributed by atoms with Crippen molar-refractivity contribution in [3.63, 3.8) is 0 Å². The fourth-order valence-corrected chi connectivity index (χ4v) is 3.43. The molecule has 2 aromatic heterocycles. The van der Waals surface area contributed by atoms with Crippen LogP contribution in [0.2, 0.25) is 0 Å². The minimum atomic E-state index is -0.544. The molecule has 2 heterocycles. The SMILES string of the molecule is C[C@H](N)c1c(O)c2cccc(C#Cc3cnn(C)c3)c2c(=O)n1-c1ccccc1. The van der Waals surface area contributed by atoms with Crippen molar-refractivity contribution in [3.8, 4) is 23.3 Å². The van der Waals surface area contributed by atoms with Gasteiger partial charge in [0.05, 0.1) is 22.8 Å². The van der Waals surface area contributed by atoms with Gasteiger partial charge in [0.1, 0.15) is 5.75 Å². The number of benzene rings is 2. The predicted octanol–water partition coefficient (Wildman–Crippen LogP) is 2.85. The Labute approximate surface area is 167 Å². The topological polar surface area (TPSA) is 86.1 Å². The van der Waals surface area contributed by atoms with Crippen LogP contribution in [0.15, 0.2) is 65.7 Å². The molecule has 0 aliphatic rings. The molecule has 0 aliphatic heterocycles. The Morgan fingerprint density at radius 1 is 1.10 bits per heavy atom. The molecule has 0 unspecified atom stereocenters. The van der Waals surface area contributed by atoms with Crippen LogP contribution in [0.3, 0.4) is 0 Å². The first-order valence-corrected chi connectivity index (χ1v) is 9.19. The van der Waals surface area contributed by atoms with Crippen LogP contribution >= 0.6 is 0 Å². The van der Waals surface area contributed by atoms with Gasteiger partial charge in [-0.25, -0.2) is 0 Å². The molecule has 1 atom stereocenters. The number of nitrogens with zero attached hydrogens (tertiary/aromatic N) is 3. The lowest BCUT2D eigenvalue weighted by molar-refractivity contribution is 0.460. The molecule has 6 heteroatoms. The first-order valence-electron chi connectivity index (χ1n) is 9.19. The molecule has 0 amide bonds. The van der Waals surface area contributed by atoms with Gasteiger partial charge in [0.15, 0.2) is 0 Å². The molecule has 6 nitrogen and oxygen atoms in total. The number of aryl methyl sites for hydroxylation is 1. The molecule has 0 spiro atoms. The number of hydrogen-bond acceptors (Lipinski definition) is 4. The third kappa shape index (κ3) is 3.28. The summed E-state index contributed by atoms with van der Waals surface area (Å²) in [7, 11) is 1.81. The number of para-hydroxylation sites is 1. The highest BCUT2D eigenvalue weighted by Gasteiger charge is 2.21. The van der Waals surface area contributed by atoms with Gasteiger partial charge in [0, 0.05) is 35.9 Å². The monoisotopic (exact) mass is 384 g/mol. The highest BCUT2D eigenvalue weighted by Crippen LogP contribution is 2.32. The lowest BCUT2D eigenvalue weighted by Crippen LogP contribution is -2.26. The van der Waals surface area contributed by atoms with Crippen molar-refractivity contribution < 1.29 is 5.11 Å². The molecule has 0 radical (unpaired) electrons. The van der Waals surface area contributed by atoms with E-state index in [1.165, 1.54) is 4.57 Å². The van der Waals surface area contributed by atoms with Gasteiger partial charge in [-0.2, -0.15) is 5.10 Å². The number of nitrogens with two attached hydrogens (primary N) is 1. The summed E-state index contributed by atoms with van der Waals surface area (Å²) in [6, 6.07) is 13.9. The Kier molecular flexibility index (Phi) is 4.67. The van der Waals surface area contributed by atoms with E-state index in [0.717, 1.165) is 5.56 Å². The fourth-order valence-electron chi connectivity index (χ4n) is 3.43. The first-order chi connectivity index (χ1) is 14.0. The first kappa shape index (κ1) is 18.5. The maximum atomic E-state index is 13.6. The summed E-state index contributed by atoms with van der Waals surface area (Å²) in [5.41, 5.74) is 8.14. The highest BCUT2D eigenvalue weighted by molar-refractivity contribution is 5.93. The summed E-state index contributed by atoms with van der Waals surface area (Å²) < 4.78 is 3.13. The van der Waals surface area contributed by atoms with Crippen LogP contribution in [0.4, 0.5) is 0 Å². The highest BCUT2D eigenvalue weighted by atomic mass is 16.3. The number of fused-ring (bicyclic) bond motifs is 1. The number of aromatic nitrogens is 3. The summed E-state index contributed by atoms with van der Waals surface area (Å²) in [5.74, 6) is 6.07. The average Bonchev–Trinajstić information content (AvgIpc) is 3.14. The quantitative estimate of drug-likeness (QED) is 0.521. The molecule has 144 valence electrons. The molecule has 0 bridgehead atoms. The van der Waals surface area contributed by atoms with Gasteiger partial charge in [-0.1, -0.05) is 42.2 Å². The van der Waals surface area contributed by atoms with E-state index in [0.29, 0.717) is 27.7 Å². The number of aromatic hydroxyl groups is 1. The van der Waals surface area contributed by atoms with E-state index in [1.807, 2.05) is 37.4 Å². The zero-order valence-electron chi connectivity index (χ0n) is 16.1. The summed E-state index contributed by atoms with van der Waals surface area (Å²) in [6.45, 7) is 1.74. The van der Waals surface area contributed by atoms with Crippen LogP contribution in [0.5, 0.6) is 5.75 Å². The molecule has 0 fully saturated rings. The van der Waals surface area contributed by atoms with Crippen molar-refractivity contribution in [2.75, 3.05) is 0 Å².